The molecule has 10 heteroatoms. The summed E-state index contributed by atoms with van der Waals surface area (Å²) in [6.45, 7) is 0. The number of benzene rings is 1. The average molecular weight is 385 g/mol. The molecule has 1 unspecified atom stereocenters. The largest absolute Gasteiger partial charge is 0.480 e. The van der Waals surface area contributed by atoms with Crippen molar-refractivity contribution in [3.05, 3.63) is 46.8 Å². The molecule has 1 aliphatic rings. The minimum absolute atomic E-state index is 0.174. The van der Waals surface area contributed by atoms with Crippen LogP contribution in [-0.4, -0.2) is 39.2 Å². The van der Waals surface area contributed by atoms with Crippen LogP contribution < -0.4 is 5.32 Å². The lowest BCUT2D eigenvalue weighted by Gasteiger charge is -2.13. The second-order valence-electron chi connectivity index (χ2n) is 6.10. The number of amides is 1. The van der Waals surface area contributed by atoms with Crippen molar-refractivity contribution in [2.45, 2.75) is 38.2 Å². The predicted molar refractivity (Wildman–Crippen MR) is 85.0 cm³/mol. The fraction of sp³-hybridized carbons (Fsp3) is 0.353. The first-order valence-corrected chi connectivity index (χ1v) is 8.16. The monoisotopic (exact) mass is 385 g/mol. The third kappa shape index (κ3) is 3.64. The van der Waals surface area contributed by atoms with Crippen LogP contribution in [0.15, 0.2) is 18.2 Å². The van der Waals surface area contributed by atoms with Gasteiger partial charge in [-0.3, -0.25) is 4.79 Å². The number of nitrogens with one attached hydrogen (secondary N) is 1. The molecule has 0 saturated heterocycles. The van der Waals surface area contributed by atoms with Crippen molar-refractivity contribution in [3.8, 4) is 5.69 Å². The van der Waals surface area contributed by atoms with Crippen molar-refractivity contribution >= 4 is 11.9 Å². The molecule has 27 heavy (non-hydrogen) atoms. The van der Waals surface area contributed by atoms with Gasteiger partial charge >= 0.3 is 5.97 Å². The maximum absolute atomic E-state index is 14.1. The lowest BCUT2D eigenvalue weighted by molar-refractivity contribution is -0.140. The molecular weight excluding hydrogens is 370 g/mol. The second kappa shape index (κ2) is 7.37. The molecule has 1 aromatic carbocycles. The van der Waals surface area contributed by atoms with Gasteiger partial charge < -0.3 is 10.4 Å². The van der Waals surface area contributed by atoms with Gasteiger partial charge in [-0.1, -0.05) is 6.07 Å². The van der Waals surface area contributed by atoms with Gasteiger partial charge in [0.05, 0.1) is 0 Å². The summed E-state index contributed by atoms with van der Waals surface area (Å²) in [6, 6.07) is 1.74. The maximum Gasteiger partial charge on any atom is 0.326 e. The van der Waals surface area contributed by atoms with E-state index in [9.17, 15) is 27.2 Å². The summed E-state index contributed by atoms with van der Waals surface area (Å²) < 4.78 is 53.8. The first kappa shape index (κ1) is 18.9. The molecule has 0 fully saturated rings. The van der Waals surface area contributed by atoms with Crippen LogP contribution in [0.5, 0.6) is 0 Å². The Balaban J connectivity index is 1.97. The number of fused-ring (bicyclic) bond motifs is 1. The van der Waals surface area contributed by atoms with Crippen LogP contribution in [0.1, 0.15) is 34.6 Å². The van der Waals surface area contributed by atoms with Gasteiger partial charge in [0.1, 0.15) is 11.7 Å². The van der Waals surface area contributed by atoms with Gasteiger partial charge in [-0.05, 0) is 31.4 Å². The van der Waals surface area contributed by atoms with Crippen LogP contribution in [0.3, 0.4) is 0 Å². The third-order valence-corrected chi connectivity index (χ3v) is 4.32. The van der Waals surface area contributed by atoms with E-state index >= 15 is 0 Å². The zero-order chi connectivity index (χ0) is 19.7. The van der Waals surface area contributed by atoms with Crippen LogP contribution in [0, 0.1) is 11.6 Å². The molecule has 2 N–H and O–H groups in total. The molecule has 0 spiro atoms. The summed E-state index contributed by atoms with van der Waals surface area (Å²) in [5.41, 5.74) is 0.615. The van der Waals surface area contributed by atoms with Crippen LogP contribution in [-0.2, 0) is 17.6 Å². The molecule has 0 bridgehead atoms. The molecule has 0 aliphatic heterocycles. The lowest BCUT2D eigenvalue weighted by Crippen LogP contribution is -2.42. The highest BCUT2D eigenvalue weighted by Crippen LogP contribution is 2.29. The first-order valence-electron chi connectivity index (χ1n) is 8.16. The Kier molecular flexibility index (Phi) is 5.15. The van der Waals surface area contributed by atoms with Crippen molar-refractivity contribution in [1.29, 1.82) is 0 Å². The minimum atomic E-state index is -2.92. The number of carboxylic acids is 1. The van der Waals surface area contributed by atoms with Gasteiger partial charge in [0, 0.05) is 17.7 Å². The third-order valence-electron chi connectivity index (χ3n) is 4.32. The molecule has 1 atom stereocenters. The summed E-state index contributed by atoms with van der Waals surface area (Å²) in [4.78, 5) is 23.5. The Morgan fingerprint density at radius 1 is 1.26 bits per heavy atom. The molecule has 6 nitrogen and oxygen atoms in total. The molecule has 144 valence electrons. The van der Waals surface area contributed by atoms with Gasteiger partial charge in [-0.15, -0.1) is 0 Å². The van der Waals surface area contributed by atoms with E-state index < -0.39 is 42.4 Å². The Labute approximate surface area is 150 Å². The van der Waals surface area contributed by atoms with Crippen molar-refractivity contribution in [3.63, 3.8) is 0 Å². The van der Waals surface area contributed by atoms with Crippen molar-refractivity contribution in [2.75, 3.05) is 0 Å². The molecule has 1 heterocycles. The Morgan fingerprint density at radius 3 is 2.67 bits per heavy atom. The quantitative estimate of drug-likeness (QED) is 0.749. The Hall–Kier alpha value is -2.91. The molecular formula is C17H15F4N3O3. The van der Waals surface area contributed by atoms with Gasteiger partial charge in [0.25, 0.3) is 5.91 Å². The van der Waals surface area contributed by atoms with E-state index in [1.54, 1.807) is 0 Å². The van der Waals surface area contributed by atoms with Gasteiger partial charge in [-0.25, -0.2) is 27.0 Å². The number of carbonyl (C=O) groups excluding carboxylic acids is 1. The number of nitrogens with zero attached hydrogens (tertiary/aromatic N) is 2. The Morgan fingerprint density at radius 2 is 2.00 bits per heavy atom. The number of alkyl halides is 2. The summed E-state index contributed by atoms with van der Waals surface area (Å²) >= 11 is 0. The normalized spacial score (nSPS) is 14.3. The molecule has 1 aromatic heterocycles. The molecule has 1 aliphatic carbocycles. The summed E-state index contributed by atoms with van der Waals surface area (Å²) in [7, 11) is 0. The van der Waals surface area contributed by atoms with E-state index in [0.29, 0.717) is 30.5 Å². The Bertz CT molecular complexity index is 898. The fourth-order valence-corrected chi connectivity index (χ4v) is 3.10. The number of carbonyl (C=O) groups is 2. The van der Waals surface area contributed by atoms with Crippen LogP contribution >= 0.6 is 0 Å². The molecule has 3 rings (SSSR count). The van der Waals surface area contributed by atoms with Crippen LogP contribution in [0.25, 0.3) is 5.69 Å². The predicted octanol–water partition coefficient (Wildman–Crippen LogP) is 2.48. The van der Waals surface area contributed by atoms with Crippen LogP contribution in [0.2, 0.25) is 0 Å². The minimum Gasteiger partial charge on any atom is -0.480 e. The summed E-state index contributed by atoms with van der Waals surface area (Å²) in [5, 5.41) is 15.0. The zero-order valence-corrected chi connectivity index (χ0v) is 13.9. The number of aliphatic carboxylic acids is 1. The number of halogens is 4. The van der Waals surface area contributed by atoms with E-state index in [1.807, 2.05) is 5.32 Å². The second-order valence-corrected chi connectivity index (χ2v) is 6.10. The number of carboxylic acid groups (broad SMARTS) is 1. The maximum atomic E-state index is 14.1. The topological polar surface area (TPSA) is 84.2 Å². The molecule has 0 radical (unpaired) electrons. The highest BCUT2D eigenvalue weighted by Gasteiger charge is 2.31. The number of aromatic nitrogens is 2. The van der Waals surface area contributed by atoms with Crippen molar-refractivity contribution < 1.29 is 32.3 Å². The standard InChI is InChI=1S/C17H15F4N3O3/c18-9-4-2-6-12(14(9)21)24-11-5-1-3-8(11)15(23-24)16(25)22-10(17(26)27)7-13(19)20/h2,4,6,10,13H,1,3,5,7H2,(H,22,25)(H,26,27). The van der Waals surface area contributed by atoms with Gasteiger partial charge in [0.15, 0.2) is 17.3 Å². The van der Waals surface area contributed by atoms with Crippen LogP contribution in [0.4, 0.5) is 17.6 Å². The van der Waals surface area contributed by atoms with E-state index in [4.69, 9.17) is 5.11 Å². The van der Waals surface area contributed by atoms with Crippen molar-refractivity contribution in [2.24, 2.45) is 0 Å². The highest BCUT2D eigenvalue weighted by molar-refractivity contribution is 5.96. The molecule has 2 aromatic rings. The number of hydrogen-bond acceptors (Lipinski definition) is 3. The summed E-state index contributed by atoms with van der Waals surface area (Å²) in [6.07, 6.45) is -2.44. The van der Waals surface area contributed by atoms with E-state index in [2.05, 4.69) is 5.10 Å². The smallest absolute Gasteiger partial charge is 0.326 e. The van der Waals surface area contributed by atoms with E-state index in [1.165, 1.54) is 12.1 Å². The summed E-state index contributed by atoms with van der Waals surface area (Å²) in [5.74, 6) is -4.76. The van der Waals surface area contributed by atoms with E-state index in [-0.39, 0.29) is 11.4 Å². The molecule has 1 amide bonds. The van der Waals surface area contributed by atoms with E-state index in [0.717, 1.165) is 10.7 Å². The van der Waals surface area contributed by atoms with Gasteiger partial charge in [0.2, 0.25) is 6.43 Å². The highest BCUT2D eigenvalue weighted by atomic mass is 19.3. The van der Waals surface area contributed by atoms with Gasteiger partial charge in [-0.2, -0.15) is 5.10 Å². The fourth-order valence-electron chi connectivity index (χ4n) is 3.10. The number of rotatable bonds is 6. The zero-order valence-electron chi connectivity index (χ0n) is 13.9. The SMILES string of the molecule is O=C(NC(CC(F)F)C(=O)O)c1nn(-c2cccc(F)c2F)c2c1CCC2. The first-order chi connectivity index (χ1) is 12.8. The van der Waals surface area contributed by atoms with Crippen molar-refractivity contribution in [1.82, 2.24) is 15.1 Å². The number of hydrogen-bond donors (Lipinski definition) is 2. The average Bonchev–Trinajstić information content (AvgIpc) is 3.18. The molecule has 0 saturated carbocycles. The lowest BCUT2D eigenvalue weighted by atomic mass is 10.1.